The smallest absolute Gasteiger partial charge is 0.258 e. The Balaban J connectivity index is 3.66. The Hall–Kier alpha value is -1.06. The summed E-state index contributed by atoms with van der Waals surface area (Å²) in [5.74, 6) is 0. The van der Waals surface area contributed by atoms with E-state index in [1.807, 2.05) is 0 Å². The summed E-state index contributed by atoms with van der Waals surface area (Å²) in [6.07, 6.45) is -3.28. The highest BCUT2D eigenvalue weighted by atomic mass is 35.7. The molecule has 1 aromatic heterocycles. The van der Waals surface area contributed by atoms with Crippen molar-refractivity contribution >= 4 is 37.0 Å². The molecule has 1 rings (SSSR count). The fourth-order valence-corrected chi connectivity index (χ4v) is 2.18. The van der Waals surface area contributed by atoms with E-state index in [0.29, 0.717) is 6.07 Å². The first-order chi connectivity index (χ1) is 7.64. The van der Waals surface area contributed by atoms with Gasteiger partial charge in [-0.25, -0.2) is 22.2 Å². The first kappa shape index (κ1) is 14.0. The first-order valence-corrected chi connectivity index (χ1v) is 6.41. The summed E-state index contributed by atoms with van der Waals surface area (Å²) < 4.78 is 46.9. The Morgan fingerprint density at radius 1 is 1.47 bits per heavy atom. The topological polar surface area (TPSA) is 90.2 Å². The number of nitro groups is 1. The lowest BCUT2D eigenvalue weighted by atomic mass is 10.3. The SMILES string of the molecule is O=[N+]([O-])c1cc(S(=O)(=O)Cl)c(C(F)F)nc1Cl. The minimum Gasteiger partial charge on any atom is -0.258 e. The van der Waals surface area contributed by atoms with E-state index in [1.165, 1.54) is 0 Å². The molecule has 1 aromatic rings. The molecule has 0 aliphatic carbocycles. The van der Waals surface area contributed by atoms with Crippen molar-refractivity contribution in [2.75, 3.05) is 0 Å². The van der Waals surface area contributed by atoms with Gasteiger partial charge in [-0.2, -0.15) is 0 Å². The molecular formula is C6H2Cl2F2N2O4S. The van der Waals surface area contributed by atoms with Gasteiger partial charge in [0, 0.05) is 16.7 Å². The molecule has 0 radical (unpaired) electrons. The quantitative estimate of drug-likeness (QED) is 0.370. The van der Waals surface area contributed by atoms with Crippen molar-refractivity contribution in [3.63, 3.8) is 0 Å². The minimum absolute atomic E-state index is 0.346. The van der Waals surface area contributed by atoms with E-state index in [1.54, 1.807) is 0 Å². The highest BCUT2D eigenvalue weighted by Crippen LogP contribution is 2.33. The molecule has 0 spiro atoms. The van der Waals surface area contributed by atoms with Gasteiger partial charge in [-0.15, -0.1) is 0 Å². The van der Waals surface area contributed by atoms with Crippen molar-refractivity contribution in [3.8, 4) is 0 Å². The van der Waals surface area contributed by atoms with Crippen LogP contribution in [0.25, 0.3) is 0 Å². The van der Waals surface area contributed by atoms with Gasteiger partial charge in [0.2, 0.25) is 5.15 Å². The van der Waals surface area contributed by atoms with Crippen LogP contribution < -0.4 is 0 Å². The van der Waals surface area contributed by atoms with Gasteiger partial charge in [-0.1, -0.05) is 11.6 Å². The Morgan fingerprint density at radius 2 is 2.00 bits per heavy atom. The zero-order valence-electron chi connectivity index (χ0n) is 7.60. The lowest BCUT2D eigenvalue weighted by molar-refractivity contribution is -0.385. The third-order valence-corrected chi connectivity index (χ3v) is 3.25. The molecule has 0 fully saturated rings. The van der Waals surface area contributed by atoms with Crippen LogP contribution in [0.15, 0.2) is 11.0 Å². The van der Waals surface area contributed by atoms with Gasteiger partial charge in [0.15, 0.2) is 0 Å². The average molecular weight is 307 g/mol. The van der Waals surface area contributed by atoms with Gasteiger partial charge in [0.25, 0.3) is 15.5 Å². The summed E-state index contributed by atoms with van der Waals surface area (Å²) in [7, 11) is 0.285. The molecule has 11 heteroatoms. The van der Waals surface area contributed by atoms with E-state index in [0.717, 1.165) is 0 Å². The van der Waals surface area contributed by atoms with E-state index in [9.17, 15) is 27.3 Å². The van der Waals surface area contributed by atoms with Crippen molar-refractivity contribution in [1.29, 1.82) is 0 Å². The second-order valence-corrected chi connectivity index (χ2v) is 5.57. The number of hydrogen-bond acceptors (Lipinski definition) is 5. The lowest BCUT2D eigenvalue weighted by Gasteiger charge is -2.05. The van der Waals surface area contributed by atoms with Crippen molar-refractivity contribution < 1.29 is 22.1 Å². The summed E-state index contributed by atoms with van der Waals surface area (Å²) in [5.41, 5.74) is -2.15. The van der Waals surface area contributed by atoms with E-state index >= 15 is 0 Å². The average Bonchev–Trinajstić information content (AvgIpc) is 2.14. The Kier molecular flexibility index (Phi) is 3.84. The molecule has 0 amide bonds. The number of alkyl halides is 2. The molecule has 0 atom stereocenters. The van der Waals surface area contributed by atoms with Crippen molar-refractivity contribution in [2.24, 2.45) is 0 Å². The molecule has 0 saturated carbocycles. The second-order valence-electron chi connectivity index (χ2n) is 2.68. The number of aromatic nitrogens is 1. The fraction of sp³-hybridized carbons (Fsp3) is 0.167. The Morgan fingerprint density at radius 3 is 2.35 bits per heavy atom. The molecule has 1 heterocycles. The molecule has 0 saturated heterocycles. The zero-order valence-corrected chi connectivity index (χ0v) is 9.93. The van der Waals surface area contributed by atoms with Crippen molar-refractivity contribution in [1.82, 2.24) is 4.98 Å². The van der Waals surface area contributed by atoms with Crippen LogP contribution in [0.2, 0.25) is 5.15 Å². The molecule has 94 valence electrons. The van der Waals surface area contributed by atoms with Crippen LogP contribution in [-0.4, -0.2) is 18.3 Å². The van der Waals surface area contributed by atoms with Gasteiger partial charge >= 0.3 is 5.69 Å². The number of hydrogen-bond donors (Lipinski definition) is 0. The Labute approximate surface area is 103 Å². The van der Waals surface area contributed by atoms with Crippen LogP contribution >= 0.6 is 22.3 Å². The van der Waals surface area contributed by atoms with Crippen LogP contribution in [0, 0.1) is 10.1 Å². The van der Waals surface area contributed by atoms with Crippen molar-refractivity contribution in [3.05, 3.63) is 27.0 Å². The van der Waals surface area contributed by atoms with Crippen LogP contribution in [0.3, 0.4) is 0 Å². The van der Waals surface area contributed by atoms with Gasteiger partial charge in [-0.05, 0) is 0 Å². The molecule has 0 N–H and O–H groups in total. The van der Waals surface area contributed by atoms with Crippen LogP contribution in [0.1, 0.15) is 12.1 Å². The van der Waals surface area contributed by atoms with Gasteiger partial charge in [0.05, 0.1) is 4.92 Å². The second kappa shape index (κ2) is 4.67. The third kappa shape index (κ3) is 2.99. The van der Waals surface area contributed by atoms with Gasteiger partial charge in [-0.3, -0.25) is 10.1 Å². The predicted molar refractivity (Wildman–Crippen MR) is 53.9 cm³/mol. The zero-order chi connectivity index (χ0) is 13.4. The first-order valence-electron chi connectivity index (χ1n) is 3.72. The maximum Gasteiger partial charge on any atom is 0.307 e. The summed E-state index contributed by atoms with van der Waals surface area (Å²) in [5, 5.41) is 9.60. The largest absolute Gasteiger partial charge is 0.307 e. The van der Waals surface area contributed by atoms with E-state index in [4.69, 9.17) is 22.3 Å². The maximum atomic E-state index is 12.5. The number of nitrogens with zero attached hydrogens (tertiary/aromatic N) is 2. The third-order valence-electron chi connectivity index (χ3n) is 1.62. The lowest BCUT2D eigenvalue weighted by Crippen LogP contribution is -2.04. The van der Waals surface area contributed by atoms with Crippen molar-refractivity contribution in [2.45, 2.75) is 11.3 Å². The van der Waals surface area contributed by atoms with Crippen LogP contribution in [0.4, 0.5) is 14.5 Å². The van der Waals surface area contributed by atoms with E-state index in [-0.39, 0.29) is 0 Å². The van der Waals surface area contributed by atoms with Gasteiger partial charge in [0.1, 0.15) is 10.6 Å². The van der Waals surface area contributed by atoms with Crippen LogP contribution in [-0.2, 0) is 9.05 Å². The molecule has 0 aliphatic heterocycles. The number of pyridine rings is 1. The summed E-state index contributed by atoms with van der Waals surface area (Å²) in [4.78, 5) is 11.2. The van der Waals surface area contributed by atoms with E-state index in [2.05, 4.69) is 4.98 Å². The molecule has 0 bridgehead atoms. The maximum absolute atomic E-state index is 12.5. The summed E-state index contributed by atoms with van der Waals surface area (Å²) in [6.45, 7) is 0. The predicted octanol–water partition coefficient (Wildman–Crippen LogP) is 2.51. The standard InChI is InChI=1S/C6H2Cl2F2N2O4S/c7-5-2(12(13)14)1-3(17(8,15)16)4(11-5)6(9)10/h1,6H. The number of halogens is 4. The highest BCUT2D eigenvalue weighted by molar-refractivity contribution is 8.13. The monoisotopic (exact) mass is 306 g/mol. The molecule has 0 aromatic carbocycles. The van der Waals surface area contributed by atoms with Gasteiger partial charge < -0.3 is 0 Å². The molecular weight excluding hydrogens is 305 g/mol. The highest BCUT2D eigenvalue weighted by Gasteiger charge is 2.29. The molecule has 0 unspecified atom stereocenters. The minimum atomic E-state index is -4.58. The fourth-order valence-electron chi connectivity index (χ4n) is 0.955. The molecule has 6 nitrogen and oxygen atoms in total. The van der Waals surface area contributed by atoms with Crippen LogP contribution in [0.5, 0.6) is 0 Å². The number of rotatable bonds is 3. The Bertz CT molecular complexity index is 578. The molecule has 17 heavy (non-hydrogen) atoms. The normalized spacial score (nSPS) is 11.8. The summed E-state index contributed by atoms with van der Waals surface area (Å²) in [6, 6.07) is 0.346. The molecule has 0 aliphatic rings. The summed E-state index contributed by atoms with van der Waals surface area (Å²) >= 11 is 5.27. The van der Waals surface area contributed by atoms with E-state index < -0.39 is 41.8 Å².